The highest BCUT2D eigenvalue weighted by Crippen LogP contribution is 2.32. The molecule has 9 nitrogen and oxygen atoms in total. The van der Waals surface area contributed by atoms with Gasteiger partial charge in [-0.15, -0.1) is 0 Å². The highest BCUT2D eigenvalue weighted by molar-refractivity contribution is 7.98. The molecule has 0 saturated carbocycles. The number of Topliss-reactive ketones (excluding diaryl/α,β-unsaturated/α-hetero) is 1. The molecule has 0 unspecified atom stereocenters. The number of thiophene rings is 1. The van der Waals surface area contributed by atoms with Crippen molar-refractivity contribution in [3.63, 3.8) is 0 Å². The Balaban J connectivity index is 1.32. The van der Waals surface area contributed by atoms with Crippen molar-refractivity contribution in [1.29, 1.82) is 0 Å². The van der Waals surface area contributed by atoms with E-state index in [1.807, 2.05) is 30.3 Å². The number of rotatable bonds is 9. The third-order valence-electron chi connectivity index (χ3n) is 7.26. The molecule has 5 rings (SSSR count). The lowest BCUT2D eigenvalue weighted by atomic mass is 10.1. The maximum Gasteiger partial charge on any atom is 0.254 e. The normalized spacial score (nSPS) is 19.2. The quantitative estimate of drug-likeness (QED) is 0.395. The lowest BCUT2D eigenvalue weighted by Gasteiger charge is -2.28. The molecule has 1 N–H and O–H groups in total. The van der Waals surface area contributed by atoms with E-state index in [4.69, 9.17) is 0 Å². The van der Waals surface area contributed by atoms with Gasteiger partial charge in [-0.25, -0.2) is 8.42 Å². The van der Waals surface area contributed by atoms with E-state index in [9.17, 15) is 27.6 Å². The zero-order valence-corrected chi connectivity index (χ0v) is 24.7. The molecule has 3 atom stereocenters. The van der Waals surface area contributed by atoms with E-state index in [1.54, 1.807) is 16.8 Å². The summed E-state index contributed by atoms with van der Waals surface area (Å²) in [5.74, 6) is -0.463. The van der Waals surface area contributed by atoms with Gasteiger partial charge in [0, 0.05) is 35.2 Å². The molecule has 3 aromatic rings. The molecule has 41 heavy (non-hydrogen) atoms. The van der Waals surface area contributed by atoms with Crippen LogP contribution in [0.25, 0.3) is 0 Å². The number of carbonyl (C=O) groups excluding carboxylic acids is 4. The average molecular weight is 612 g/mol. The fourth-order valence-corrected chi connectivity index (χ4v) is 7.55. The first-order valence-electron chi connectivity index (χ1n) is 13.0. The first-order chi connectivity index (χ1) is 19.6. The van der Waals surface area contributed by atoms with Gasteiger partial charge in [0.15, 0.2) is 15.6 Å². The number of amides is 3. The molecule has 0 radical (unpaired) electrons. The van der Waals surface area contributed by atoms with Crippen molar-refractivity contribution in [2.45, 2.75) is 35.2 Å². The number of sulfone groups is 1. The number of thioether (sulfide) groups is 1. The van der Waals surface area contributed by atoms with Gasteiger partial charge in [0.25, 0.3) is 11.8 Å². The Morgan fingerprint density at radius 2 is 1.83 bits per heavy atom. The topological polar surface area (TPSA) is 121 Å². The van der Waals surface area contributed by atoms with E-state index in [1.165, 1.54) is 57.2 Å². The van der Waals surface area contributed by atoms with Crippen molar-refractivity contribution in [3.8, 4) is 0 Å². The van der Waals surface area contributed by atoms with Crippen molar-refractivity contribution >= 4 is 56.4 Å². The van der Waals surface area contributed by atoms with E-state index in [0.717, 1.165) is 11.8 Å². The maximum absolute atomic E-state index is 13.9. The summed E-state index contributed by atoms with van der Waals surface area (Å²) in [6, 6.07) is 15.0. The molecule has 2 aliphatic rings. The zero-order chi connectivity index (χ0) is 29.1. The molecule has 0 aliphatic carbocycles. The Kier molecular flexibility index (Phi) is 8.62. The summed E-state index contributed by atoms with van der Waals surface area (Å²) < 4.78 is 24.0. The smallest absolute Gasteiger partial charge is 0.254 e. The van der Waals surface area contributed by atoms with E-state index in [-0.39, 0.29) is 41.1 Å². The second kappa shape index (κ2) is 12.2. The monoisotopic (exact) mass is 611 g/mol. The Labute approximate surface area is 246 Å². The molecule has 1 aromatic heterocycles. The molecule has 12 heteroatoms. The molecule has 3 heterocycles. The Morgan fingerprint density at radius 3 is 2.54 bits per heavy atom. The van der Waals surface area contributed by atoms with Crippen LogP contribution < -0.4 is 5.32 Å². The maximum atomic E-state index is 13.9. The molecule has 2 aromatic carbocycles. The Bertz CT molecular complexity index is 1560. The minimum Gasteiger partial charge on any atom is -0.339 e. The number of hydrogen-bond acceptors (Lipinski definition) is 8. The van der Waals surface area contributed by atoms with Gasteiger partial charge in [0.2, 0.25) is 5.91 Å². The predicted octanol–water partition coefficient (Wildman–Crippen LogP) is 2.88. The minimum absolute atomic E-state index is 0.0193. The van der Waals surface area contributed by atoms with Gasteiger partial charge >= 0.3 is 0 Å². The van der Waals surface area contributed by atoms with Crippen LogP contribution >= 0.6 is 23.1 Å². The van der Waals surface area contributed by atoms with Crippen molar-refractivity contribution in [2.75, 3.05) is 25.1 Å². The van der Waals surface area contributed by atoms with Crippen LogP contribution in [0.1, 0.15) is 32.7 Å². The van der Waals surface area contributed by atoms with Crippen LogP contribution in [0.3, 0.4) is 0 Å². The van der Waals surface area contributed by atoms with Crippen LogP contribution in [0.2, 0.25) is 0 Å². The van der Waals surface area contributed by atoms with Gasteiger partial charge < -0.3 is 15.1 Å². The van der Waals surface area contributed by atoms with E-state index < -0.39 is 33.9 Å². The zero-order valence-electron chi connectivity index (χ0n) is 22.3. The lowest BCUT2D eigenvalue weighted by Crippen LogP contribution is -2.53. The van der Waals surface area contributed by atoms with Crippen molar-refractivity contribution in [3.05, 3.63) is 88.1 Å². The second-order valence-corrected chi connectivity index (χ2v) is 13.9. The highest BCUT2D eigenvalue weighted by Gasteiger charge is 2.52. The van der Waals surface area contributed by atoms with Crippen molar-refractivity contribution < 1.29 is 27.6 Å². The lowest BCUT2D eigenvalue weighted by molar-refractivity contribution is -0.137. The van der Waals surface area contributed by atoms with Gasteiger partial charge in [0.1, 0.15) is 12.1 Å². The summed E-state index contributed by atoms with van der Waals surface area (Å²) in [5, 5.41) is 6.36. The fourth-order valence-electron chi connectivity index (χ4n) is 5.24. The second-order valence-electron chi connectivity index (χ2n) is 10.1. The van der Waals surface area contributed by atoms with Crippen molar-refractivity contribution in [2.24, 2.45) is 0 Å². The van der Waals surface area contributed by atoms with Crippen LogP contribution in [-0.4, -0.2) is 84.9 Å². The standard InChI is InChI=1S/C29H29N3O6S3/c1-41(37,38)22-9-5-8-20(14-22)28(35)32-15-25(33)26-24(32)10-12-31(26)29(36)23(30-27(34)21-11-13-39-17-21)18-40-16-19-6-3-2-4-7-19/h2-9,11,13-14,17,23-24,26H,10,12,15-16,18H2,1H3,(H,30,34)/t23-,24+,26-/m0/s1. The molecule has 0 bridgehead atoms. The van der Waals surface area contributed by atoms with Crippen molar-refractivity contribution in [1.82, 2.24) is 15.1 Å². The summed E-state index contributed by atoms with van der Waals surface area (Å²) in [7, 11) is -3.52. The first kappa shape index (κ1) is 29.0. The van der Waals surface area contributed by atoms with Crippen LogP contribution in [0, 0.1) is 0 Å². The number of hydrogen-bond donors (Lipinski definition) is 1. The number of nitrogens with zero attached hydrogens (tertiary/aromatic N) is 2. The van der Waals surface area contributed by atoms with Gasteiger partial charge in [-0.05, 0) is 41.6 Å². The summed E-state index contributed by atoms with van der Waals surface area (Å²) in [4.78, 5) is 56.3. The Hall–Kier alpha value is -3.48. The molecular formula is C29H29N3O6S3. The molecule has 2 aliphatic heterocycles. The molecular weight excluding hydrogens is 583 g/mol. The van der Waals surface area contributed by atoms with E-state index >= 15 is 0 Å². The molecule has 214 valence electrons. The average Bonchev–Trinajstić information content (AvgIpc) is 3.71. The summed E-state index contributed by atoms with van der Waals surface area (Å²) in [6.45, 7) is 0.0942. The number of benzene rings is 2. The summed E-state index contributed by atoms with van der Waals surface area (Å²) >= 11 is 2.90. The number of nitrogens with one attached hydrogen (secondary N) is 1. The molecule has 2 fully saturated rings. The number of fused-ring (bicyclic) bond motifs is 1. The van der Waals surface area contributed by atoms with Crippen LogP contribution in [0.4, 0.5) is 0 Å². The largest absolute Gasteiger partial charge is 0.339 e. The molecule has 2 saturated heterocycles. The summed E-state index contributed by atoms with van der Waals surface area (Å²) in [5.41, 5.74) is 1.73. The van der Waals surface area contributed by atoms with Gasteiger partial charge in [-0.3, -0.25) is 19.2 Å². The number of carbonyl (C=O) groups is 4. The SMILES string of the molecule is CS(=O)(=O)c1cccc(C(=O)N2CC(=O)[C@@H]3[C@H]2CCN3C(=O)[C@H](CSCc2ccccc2)NC(=O)c2ccsc2)c1. The third-order valence-corrected chi connectivity index (χ3v) is 10.2. The summed E-state index contributed by atoms with van der Waals surface area (Å²) in [6.07, 6.45) is 1.47. The molecule has 0 spiro atoms. The van der Waals surface area contributed by atoms with Gasteiger partial charge in [-0.2, -0.15) is 23.1 Å². The van der Waals surface area contributed by atoms with E-state index in [2.05, 4.69) is 5.32 Å². The van der Waals surface area contributed by atoms with Gasteiger partial charge in [0.05, 0.1) is 23.0 Å². The number of likely N-dealkylation sites (tertiary alicyclic amines) is 2. The minimum atomic E-state index is -3.52. The third kappa shape index (κ3) is 6.39. The highest BCUT2D eigenvalue weighted by atomic mass is 32.2. The Morgan fingerprint density at radius 1 is 1.05 bits per heavy atom. The number of ketones is 1. The predicted molar refractivity (Wildman–Crippen MR) is 158 cm³/mol. The van der Waals surface area contributed by atoms with E-state index in [0.29, 0.717) is 23.5 Å². The first-order valence-corrected chi connectivity index (χ1v) is 17.0. The molecule has 3 amide bonds. The fraction of sp³-hybridized carbons (Fsp3) is 0.310. The van der Waals surface area contributed by atoms with Crippen LogP contribution in [0.5, 0.6) is 0 Å². The van der Waals surface area contributed by atoms with Crippen LogP contribution in [0.15, 0.2) is 76.3 Å². The van der Waals surface area contributed by atoms with Gasteiger partial charge in [-0.1, -0.05) is 36.4 Å². The van der Waals surface area contributed by atoms with Crippen LogP contribution in [-0.2, 0) is 25.2 Å².